The molecule has 0 aliphatic carbocycles. The topological polar surface area (TPSA) is 64.3 Å². The van der Waals surface area contributed by atoms with Gasteiger partial charge in [0.2, 0.25) is 0 Å². The van der Waals surface area contributed by atoms with Gasteiger partial charge in [0.1, 0.15) is 12.4 Å². The van der Waals surface area contributed by atoms with Gasteiger partial charge in [0.05, 0.1) is 0 Å². The lowest BCUT2D eigenvalue weighted by molar-refractivity contribution is 0.0950. The van der Waals surface area contributed by atoms with Crippen molar-refractivity contribution in [2.24, 2.45) is 5.73 Å². The SMILES string of the molecule is CC(N)CCNC(=O)c1ccccc1COc1ccccc1. The molecule has 4 nitrogen and oxygen atoms in total. The van der Waals surface area contributed by atoms with Gasteiger partial charge in [-0.3, -0.25) is 4.79 Å². The first-order chi connectivity index (χ1) is 10.7. The molecule has 1 unspecified atom stereocenters. The largest absolute Gasteiger partial charge is 0.489 e. The summed E-state index contributed by atoms with van der Waals surface area (Å²) >= 11 is 0. The Morgan fingerprint density at radius 1 is 1.14 bits per heavy atom. The summed E-state index contributed by atoms with van der Waals surface area (Å²) in [6.45, 7) is 2.86. The molecule has 0 saturated heterocycles. The summed E-state index contributed by atoms with van der Waals surface area (Å²) in [7, 11) is 0. The Labute approximate surface area is 131 Å². The second-order valence-electron chi connectivity index (χ2n) is 5.28. The van der Waals surface area contributed by atoms with Crippen LogP contribution in [0, 0.1) is 0 Å². The summed E-state index contributed by atoms with van der Waals surface area (Å²) in [5.74, 6) is 0.697. The molecule has 4 heteroatoms. The van der Waals surface area contributed by atoms with Gasteiger partial charge in [-0.15, -0.1) is 0 Å². The fourth-order valence-electron chi connectivity index (χ4n) is 2.05. The molecule has 1 amide bonds. The highest BCUT2D eigenvalue weighted by atomic mass is 16.5. The second-order valence-corrected chi connectivity index (χ2v) is 5.28. The fourth-order valence-corrected chi connectivity index (χ4v) is 2.05. The van der Waals surface area contributed by atoms with E-state index in [9.17, 15) is 4.79 Å². The van der Waals surface area contributed by atoms with E-state index in [0.717, 1.165) is 17.7 Å². The Hall–Kier alpha value is -2.33. The Bertz CT molecular complexity index is 597. The molecule has 22 heavy (non-hydrogen) atoms. The van der Waals surface area contributed by atoms with Crippen molar-refractivity contribution < 1.29 is 9.53 Å². The van der Waals surface area contributed by atoms with Crippen molar-refractivity contribution in [3.63, 3.8) is 0 Å². The molecule has 0 spiro atoms. The first kappa shape index (κ1) is 16.0. The zero-order chi connectivity index (χ0) is 15.8. The summed E-state index contributed by atoms with van der Waals surface area (Å²) < 4.78 is 5.73. The Morgan fingerprint density at radius 3 is 2.55 bits per heavy atom. The summed E-state index contributed by atoms with van der Waals surface area (Å²) in [6.07, 6.45) is 0.758. The average Bonchev–Trinajstić information content (AvgIpc) is 2.54. The van der Waals surface area contributed by atoms with E-state index < -0.39 is 0 Å². The molecule has 2 aromatic rings. The second kappa shape index (κ2) is 8.20. The molecule has 0 radical (unpaired) electrons. The van der Waals surface area contributed by atoms with E-state index in [2.05, 4.69) is 5.32 Å². The number of nitrogens with two attached hydrogens (primary N) is 1. The molecular formula is C18H22N2O2. The van der Waals surface area contributed by atoms with Crippen molar-refractivity contribution >= 4 is 5.91 Å². The molecule has 2 rings (SSSR count). The molecule has 1 atom stereocenters. The minimum absolute atomic E-state index is 0.0805. The maximum absolute atomic E-state index is 12.3. The van der Waals surface area contributed by atoms with Gasteiger partial charge in [0.25, 0.3) is 5.91 Å². The zero-order valence-electron chi connectivity index (χ0n) is 12.8. The lowest BCUT2D eigenvalue weighted by atomic mass is 10.1. The van der Waals surface area contributed by atoms with Crippen molar-refractivity contribution in [2.45, 2.75) is 26.0 Å². The van der Waals surface area contributed by atoms with Crippen LogP contribution >= 0.6 is 0 Å². The Kier molecular flexibility index (Phi) is 5.98. The molecule has 116 valence electrons. The number of benzene rings is 2. The number of nitrogens with one attached hydrogen (secondary N) is 1. The van der Waals surface area contributed by atoms with Gasteiger partial charge in [0.15, 0.2) is 0 Å². The lowest BCUT2D eigenvalue weighted by Gasteiger charge is -2.12. The first-order valence-corrected chi connectivity index (χ1v) is 7.46. The number of hydrogen-bond donors (Lipinski definition) is 2. The van der Waals surface area contributed by atoms with E-state index >= 15 is 0 Å². The van der Waals surface area contributed by atoms with Crippen LogP contribution in [0.5, 0.6) is 5.75 Å². The highest BCUT2D eigenvalue weighted by molar-refractivity contribution is 5.95. The van der Waals surface area contributed by atoms with Crippen molar-refractivity contribution in [1.82, 2.24) is 5.32 Å². The van der Waals surface area contributed by atoms with Crippen LogP contribution < -0.4 is 15.8 Å². The zero-order valence-corrected chi connectivity index (χ0v) is 12.8. The standard InChI is InChI=1S/C18H22N2O2/c1-14(19)11-12-20-18(21)17-10-6-5-7-15(17)13-22-16-8-3-2-4-9-16/h2-10,14H,11-13,19H2,1H3,(H,20,21). The molecule has 0 heterocycles. The van der Waals surface area contributed by atoms with Crippen molar-refractivity contribution in [1.29, 1.82) is 0 Å². The number of hydrogen-bond acceptors (Lipinski definition) is 3. The molecule has 2 aromatic carbocycles. The summed E-state index contributed by atoms with van der Waals surface area (Å²) in [5.41, 5.74) is 7.20. The Morgan fingerprint density at radius 2 is 1.82 bits per heavy atom. The minimum Gasteiger partial charge on any atom is -0.489 e. The van der Waals surface area contributed by atoms with Gasteiger partial charge in [-0.2, -0.15) is 0 Å². The number of carbonyl (C=O) groups excluding carboxylic acids is 1. The monoisotopic (exact) mass is 298 g/mol. The van der Waals surface area contributed by atoms with Gasteiger partial charge in [-0.1, -0.05) is 36.4 Å². The third-order valence-corrected chi connectivity index (χ3v) is 3.28. The van der Waals surface area contributed by atoms with Gasteiger partial charge < -0.3 is 15.8 Å². The van der Waals surface area contributed by atoms with E-state index in [-0.39, 0.29) is 11.9 Å². The average molecular weight is 298 g/mol. The van der Waals surface area contributed by atoms with Gasteiger partial charge in [0, 0.05) is 23.7 Å². The molecule has 0 saturated carbocycles. The van der Waals surface area contributed by atoms with E-state index in [1.54, 1.807) is 0 Å². The predicted molar refractivity (Wildman–Crippen MR) is 87.8 cm³/mol. The number of para-hydroxylation sites is 1. The van der Waals surface area contributed by atoms with Gasteiger partial charge in [-0.05, 0) is 31.5 Å². The number of rotatable bonds is 7. The van der Waals surface area contributed by atoms with Crippen LogP contribution in [-0.4, -0.2) is 18.5 Å². The molecule has 0 aliphatic heterocycles. The van der Waals surface area contributed by atoms with Gasteiger partial charge in [-0.25, -0.2) is 0 Å². The molecule has 3 N–H and O–H groups in total. The van der Waals surface area contributed by atoms with Crippen LogP contribution in [0.3, 0.4) is 0 Å². The normalized spacial score (nSPS) is 11.7. The smallest absolute Gasteiger partial charge is 0.251 e. The maximum atomic E-state index is 12.3. The van der Waals surface area contributed by atoms with E-state index in [0.29, 0.717) is 18.7 Å². The third kappa shape index (κ3) is 4.90. The van der Waals surface area contributed by atoms with Crippen LogP contribution in [0.15, 0.2) is 54.6 Å². The van der Waals surface area contributed by atoms with E-state index in [1.807, 2.05) is 61.5 Å². The van der Waals surface area contributed by atoms with Crippen molar-refractivity contribution in [3.8, 4) is 5.75 Å². The lowest BCUT2D eigenvalue weighted by Crippen LogP contribution is -2.29. The van der Waals surface area contributed by atoms with Crippen molar-refractivity contribution in [2.75, 3.05) is 6.54 Å². The highest BCUT2D eigenvalue weighted by Gasteiger charge is 2.11. The fraction of sp³-hybridized carbons (Fsp3) is 0.278. The highest BCUT2D eigenvalue weighted by Crippen LogP contribution is 2.14. The van der Waals surface area contributed by atoms with Gasteiger partial charge >= 0.3 is 0 Å². The molecule has 0 fully saturated rings. The number of carbonyl (C=O) groups is 1. The molecule has 0 bridgehead atoms. The first-order valence-electron chi connectivity index (χ1n) is 7.46. The van der Waals surface area contributed by atoms with E-state index in [4.69, 9.17) is 10.5 Å². The minimum atomic E-state index is -0.0899. The number of ether oxygens (including phenoxy) is 1. The van der Waals surface area contributed by atoms with Crippen molar-refractivity contribution in [3.05, 3.63) is 65.7 Å². The van der Waals surface area contributed by atoms with Crippen LogP contribution in [0.25, 0.3) is 0 Å². The van der Waals surface area contributed by atoms with E-state index in [1.165, 1.54) is 0 Å². The number of amides is 1. The molecule has 0 aliphatic rings. The predicted octanol–water partition coefficient (Wildman–Crippen LogP) is 2.73. The summed E-state index contributed by atoms with van der Waals surface area (Å²) in [5, 5.41) is 2.89. The quantitative estimate of drug-likeness (QED) is 0.826. The maximum Gasteiger partial charge on any atom is 0.251 e. The molecule has 0 aromatic heterocycles. The summed E-state index contributed by atoms with van der Waals surface area (Å²) in [6, 6.07) is 17.1. The Balaban J connectivity index is 1.98. The van der Waals surface area contributed by atoms with Crippen LogP contribution in [-0.2, 0) is 6.61 Å². The van der Waals surface area contributed by atoms with Crippen LogP contribution in [0.2, 0.25) is 0 Å². The summed E-state index contributed by atoms with van der Waals surface area (Å²) in [4.78, 5) is 12.3. The van der Waals surface area contributed by atoms with Crippen LogP contribution in [0.4, 0.5) is 0 Å². The molecular weight excluding hydrogens is 276 g/mol. The third-order valence-electron chi connectivity index (χ3n) is 3.28. The van der Waals surface area contributed by atoms with Crippen LogP contribution in [0.1, 0.15) is 29.3 Å².